The molecule has 0 saturated carbocycles. The number of aryl methyl sites for hydroxylation is 1. The van der Waals surface area contributed by atoms with Gasteiger partial charge in [-0.15, -0.1) is 0 Å². The maximum atomic E-state index is 13.1. The van der Waals surface area contributed by atoms with Crippen molar-refractivity contribution >= 4 is 15.9 Å². The number of hydrogen-bond donors (Lipinski definition) is 0. The first-order valence-electron chi connectivity index (χ1n) is 6.37. The highest BCUT2D eigenvalue weighted by molar-refractivity contribution is 9.10. The minimum atomic E-state index is -0.284. The lowest BCUT2D eigenvalue weighted by Gasteiger charge is -2.07. The second kappa shape index (κ2) is 7.29. The van der Waals surface area contributed by atoms with Crippen LogP contribution in [0.15, 0.2) is 53.0 Å². The van der Waals surface area contributed by atoms with Crippen LogP contribution in [0.5, 0.6) is 5.75 Å². The number of ether oxygens (including phenoxy) is 1. The van der Waals surface area contributed by atoms with Gasteiger partial charge in [0.25, 0.3) is 0 Å². The van der Waals surface area contributed by atoms with E-state index in [1.165, 1.54) is 17.7 Å². The Hall–Kier alpha value is -1.35. The molecule has 2 rings (SSSR count). The fraction of sp³-hybridized carbons (Fsp3) is 0.250. The third-order valence-electron chi connectivity index (χ3n) is 2.81. The van der Waals surface area contributed by atoms with Crippen LogP contribution < -0.4 is 4.74 Å². The number of rotatable bonds is 6. The molecule has 0 aliphatic heterocycles. The Morgan fingerprint density at radius 1 is 1.00 bits per heavy atom. The van der Waals surface area contributed by atoms with E-state index in [-0.39, 0.29) is 5.82 Å². The van der Waals surface area contributed by atoms with E-state index in [1.54, 1.807) is 6.07 Å². The summed E-state index contributed by atoms with van der Waals surface area (Å²) in [7, 11) is 0. The van der Waals surface area contributed by atoms with Crippen LogP contribution in [0.3, 0.4) is 0 Å². The second-order valence-electron chi connectivity index (χ2n) is 4.40. The van der Waals surface area contributed by atoms with Gasteiger partial charge in [-0.1, -0.05) is 46.3 Å². The van der Waals surface area contributed by atoms with E-state index >= 15 is 0 Å². The molecule has 0 atom stereocenters. The summed E-state index contributed by atoms with van der Waals surface area (Å²) in [4.78, 5) is 0. The summed E-state index contributed by atoms with van der Waals surface area (Å²) in [6.45, 7) is 0.614. The molecule has 2 aromatic carbocycles. The molecule has 0 unspecified atom stereocenters. The van der Waals surface area contributed by atoms with E-state index in [0.29, 0.717) is 16.8 Å². The van der Waals surface area contributed by atoms with Gasteiger partial charge >= 0.3 is 0 Å². The maximum Gasteiger partial charge on any atom is 0.128 e. The smallest absolute Gasteiger partial charge is 0.128 e. The van der Waals surface area contributed by atoms with Crippen molar-refractivity contribution in [3.05, 3.63) is 64.4 Å². The van der Waals surface area contributed by atoms with Gasteiger partial charge in [0.15, 0.2) is 0 Å². The largest absolute Gasteiger partial charge is 0.493 e. The first kappa shape index (κ1) is 14.1. The highest BCUT2D eigenvalue weighted by Gasteiger charge is 2.00. The highest BCUT2D eigenvalue weighted by Crippen LogP contribution is 2.20. The zero-order valence-electron chi connectivity index (χ0n) is 10.6. The highest BCUT2D eigenvalue weighted by atomic mass is 79.9. The number of unbranched alkanes of at least 4 members (excludes halogenated alkanes) is 1. The molecular formula is C16H16BrFO. The van der Waals surface area contributed by atoms with Crippen LogP contribution >= 0.6 is 15.9 Å². The fourth-order valence-electron chi connectivity index (χ4n) is 1.88. The Balaban J connectivity index is 1.69. The van der Waals surface area contributed by atoms with Gasteiger partial charge in [-0.25, -0.2) is 4.39 Å². The Labute approximate surface area is 121 Å². The van der Waals surface area contributed by atoms with Crippen molar-refractivity contribution in [1.29, 1.82) is 0 Å². The van der Waals surface area contributed by atoms with Crippen LogP contribution in [0.1, 0.15) is 18.4 Å². The van der Waals surface area contributed by atoms with Crippen LogP contribution in [0, 0.1) is 5.82 Å². The van der Waals surface area contributed by atoms with Crippen molar-refractivity contribution in [2.45, 2.75) is 19.3 Å². The predicted molar refractivity (Wildman–Crippen MR) is 79.0 cm³/mol. The monoisotopic (exact) mass is 322 g/mol. The third kappa shape index (κ3) is 5.03. The summed E-state index contributed by atoms with van der Waals surface area (Å²) in [6.07, 6.45) is 3.08. The number of halogens is 2. The van der Waals surface area contributed by atoms with Gasteiger partial charge < -0.3 is 4.74 Å². The van der Waals surface area contributed by atoms with Crippen molar-refractivity contribution in [1.82, 2.24) is 0 Å². The van der Waals surface area contributed by atoms with Crippen LogP contribution in [-0.4, -0.2) is 6.61 Å². The number of benzene rings is 2. The molecule has 0 fully saturated rings. The predicted octanol–water partition coefficient (Wildman–Crippen LogP) is 4.99. The van der Waals surface area contributed by atoms with E-state index in [1.807, 2.05) is 6.07 Å². The first-order valence-corrected chi connectivity index (χ1v) is 7.16. The van der Waals surface area contributed by atoms with Gasteiger partial charge in [0.05, 0.1) is 6.61 Å². The van der Waals surface area contributed by atoms with E-state index in [2.05, 4.69) is 40.2 Å². The minimum absolute atomic E-state index is 0.284. The Kier molecular flexibility index (Phi) is 5.40. The van der Waals surface area contributed by atoms with E-state index in [9.17, 15) is 4.39 Å². The molecule has 0 N–H and O–H groups in total. The summed E-state index contributed by atoms with van der Waals surface area (Å²) < 4.78 is 19.4. The molecule has 0 aromatic heterocycles. The number of hydrogen-bond acceptors (Lipinski definition) is 1. The maximum absolute atomic E-state index is 13.1. The molecule has 0 aliphatic carbocycles. The summed E-state index contributed by atoms with van der Waals surface area (Å²) in [5.41, 5.74) is 1.34. The first-order chi connectivity index (χ1) is 9.24. The van der Waals surface area contributed by atoms with Gasteiger partial charge in [-0.2, -0.15) is 0 Å². The molecule has 19 heavy (non-hydrogen) atoms. The summed E-state index contributed by atoms with van der Waals surface area (Å²) in [6, 6.07) is 15.0. The van der Waals surface area contributed by atoms with Crippen molar-refractivity contribution in [3.63, 3.8) is 0 Å². The SMILES string of the molecule is Fc1cc(Br)cc(OCCCCc2ccccc2)c1. The summed E-state index contributed by atoms with van der Waals surface area (Å²) in [5, 5.41) is 0. The summed E-state index contributed by atoms with van der Waals surface area (Å²) >= 11 is 3.25. The molecular weight excluding hydrogens is 307 g/mol. The van der Waals surface area contributed by atoms with Crippen molar-refractivity contribution < 1.29 is 9.13 Å². The second-order valence-corrected chi connectivity index (χ2v) is 5.31. The Morgan fingerprint density at radius 3 is 2.53 bits per heavy atom. The zero-order chi connectivity index (χ0) is 13.5. The Morgan fingerprint density at radius 2 is 1.79 bits per heavy atom. The minimum Gasteiger partial charge on any atom is -0.493 e. The standard InChI is InChI=1S/C16H16BrFO/c17-14-10-15(18)12-16(11-14)19-9-5-4-8-13-6-2-1-3-7-13/h1-3,6-7,10-12H,4-5,8-9H2. The quantitative estimate of drug-likeness (QED) is 0.681. The lowest BCUT2D eigenvalue weighted by molar-refractivity contribution is 0.305. The molecule has 1 nitrogen and oxygen atoms in total. The van der Waals surface area contributed by atoms with E-state index in [4.69, 9.17) is 4.74 Å². The third-order valence-corrected chi connectivity index (χ3v) is 3.27. The lowest BCUT2D eigenvalue weighted by atomic mass is 10.1. The van der Waals surface area contributed by atoms with Gasteiger partial charge in [0.2, 0.25) is 0 Å². The van der Waals surface area contributed by atoms with Crippen molar-refractivity contribution in [3.8, 4) is 5.75 Å². The molecule has 2 aromatic rings. The molecule has 100 valence electrons. The van der Waals surface area contributed by atoms with Crippen LogP contribution in [-0.2, 0) is 6.42 Å². The average molecular weight is 323 g/mol. The normalized spacial score (nSPS) is 10.4. The van der Waals surface area contributed by atoms with Crippen molar-refractivity contribution in [2.24, 2.45) is 0 Å². The molecule has 0 saturated heterocycles. The van der Waals surface area contributed by atoms with Gasteiger partial charge in [0, 0.05) is 10.5 Å². The Bertz CT molecular complexity index is 493. The molecule has 3 heteroatoms. The molecule has 0 amide bonds. The molecule has 0 aliphatic rings. The van der Waals surface area contributed by atoms with Gasteiger partial charge in [-0.3, -0.25) is 0 Å². The lowest BCUT2D eigenvalue weighted by Crippen LogP contribution is -1.98. The topological polar surface area (TPSA) is 9.23 Å². The van der Waals surface area contributed by atoms with Crippen LogP contribution in [0.4, 0.5) is 4.39 Å². The summed E-state index contributed by atoms with van der Waals surface area (Å²) in [5.74, 6) is 0.292. The van der Waals surface area contributed by atoms with E-state index < -0.39 is 0 Å². The molecule has 0 bridgehead atoms. The zero-order valence-corrected chi connectivity index (χ0v) is 12.2. The van der Waals surface area contributed by atoms with Gasteiger partial charge in [-0.05, 0) is 37.0 Å². The van der Waals surface area contributed by atoms with Gasteiger partial charge in [0.1, 0.15) is 11.6 Å². The molecule has 0 spiro atoms. The van der Waals surface area contributed by atoms with E-state index in [0.717, 1.165) is 19.3 Å². The molecule has 0 radical (unpaired) electrons. The fourth-order valence-corrected chi connectivity index (χ4v) is 2.32. The average Bonchev–Trinajstić information content (AvgIpc) is 2.38. The van der Waals surface area contributed by atoms with Crippen molar-refractivity contribution in [2.75, 3.05) is 6.61 Å². The molecule has 0 heterocycles. The van der Waals surface area contributed by atoms with Crippen LogP contribution in [0.2, 0.25) is 0 Å². The van der Waals surface area contributed by atoms with Crippen LogP contribution in [0.25, 0.3) is 0 Å².